The molecule has 1 saturated heterocycles. The Bertz CT molecular complexity index is 712. The minimum absolute atomic E-state index is 0.115. The number of hydrogen-bond donors (Lipinski definition) is 1. The van der Waals surface area contributed by atoms with Crippen LogP contribution in [0.25, 0.3) is 0 Å². The fraction of sp³-hybridized carbons (Fsp3) is 0.682. The van der Waals surface area contributed by atoms with Crippen molar-refractivity contribution in [3.63, 3.8) is 0 Å². The Hall–Kier alpha value is -2.19. The van der Waals surface area contributed by atoms with E-state index < -0.39 is 53.8 Å². The van der Waals surface area contributed by atoms with Gasteiger partial charge in [-0.15, -0.1) is 0 Å². The normalized spacial score (nSPS) is 32.1. The molecular formula is C22H32O8. The van der Waals surface area contributed by atoms with Crippen LogP contribution in [0.5, 0.6) is 0 Å². The molecule has 6 atom stereocenters. The van der Waals surface area contributed by atoms with E-state index in [1.54, 1.807) is 26.8 Å². The van der Waals surface area contributed by atoms with Crippen LogP contribution < -0.4 is 0 Å². The van der Waals surface area contributed by atoms with Gasteiger partial charge in [0, 0.05) is 24.5 Å². The molecule has 0 radical (unpaired) electrons. The Labute approximate surface area is 177 Å². The summed E-state index contributed by atoms with van der Waals surface area (Å²) in [5.41, 5.74) is -0.783. The topological polar surface area (TPSA) is 108 Å². The highest BCUT2D eigenvalue weighted by molar-refractivity contribution is 5.89. The molecular weight excluding hydrogens is 392 g/mol. The first-order chi connectivity index (χ1) is 14.1. The number of ether oxygens (including phenoxy) is 4. The zero-order valence-electron chi connectivity index (χ0n) is 18.3. The van der Waals surface area contributed by atoms with Crippen LogP contribution in [0.1, 0.15) is 53.9 Å². The summed E-state index contributed by atoms with van der Waals surface area (Å²) in [6.45, 7) is 8.35. The molecule has 1 fully saturated rings. The number of rotatable bonds is 8. The van der Waals surface area contributed by atoms with Crippen molar-refractivity contribution < 1.29 is 38.4 Å². The van der Waals surface area contributed by atoms with Crippen LogP contribution in [0.4, 0.5) is 0 Å². The summed E-state index contributed by atoms with van der Waals surface area (Å²) in [6, 6.07) is 0. The minimum atomic E-state index is -1.14. The lowest BCUT2D eigenvalue weighted by molar-refractivity contribution is -0.254. The molecule has 0 bridgehead atoms. The van der Waals surface area contributed by atoms with Gasteiger partial charge < -0.3 is 24.1 Å². The fourth-order valence-corrected chi connectivity index (χ4v) is 3.93. The largest absolute Gasteiger partial charge is 0.462 e. The van der Waals surface area contributed by atoms with Crippen LogP contribution in [0, 0.1) is 5.92 Å². The Kier molecular flexibility index (Phi) is 8.20. The molecule has 8 nitrogen and oxygen atoms in total. The number of hydrogen-bond acceptors (Lipinski definition) is 8. The average molecular weight is 424 g/mol. The fourth-order valence-electron chi connectivity index (χ4n) is 3.93. The molecule has 0 saturated carbocycles. The van der Waals surface area contributed by atoms with Crippen LogP contribution in [0.2, 0.25) is 0 Å². The number of carbonyl (C=O) groups excluding carboxylic acids is 3. The van der Waals surface area contributed by atoms with E-state index in [1.165, 1.54) is 19.1 Å². The van der Waals surface area contributed by atoms with E-state index in [9.17, 15) is 19.5 Å². The summed E-state index contributed by atoms with van der Waals surface area (Å²) >= 11 is 0. The van der Waals surface area contributed by atoms with Crippen molar-refractivity contribution in [2.75, 3.05) is 6.61 Å². The Balaban J connectivity index is 2.15. The lowest BCUT2D eigenvalue weighted by Crippen LogP contribution is -2.65. The standard InChI is InChI=1S/C22H32O8/c1-6-7-8-17(24)9-10-18(25)28-19-14(3)20-22(30-15(19)4,12-27-16(5)23)11-13(2)21(26)29-20/h9-11,14-15,17,19-20,24H,6-8,12H2,1-5H3/b10-9+/t14-,15+,17+,19-,20+,22+/m1/s1. The molecule has 0 spiro atoms. The first kappa shape index (κ1) is 24.1. The molecule has 0 amide bonds. The molecule has 2 aliphatic heterocycles. The predicted octanol–water partition coefficient (Wildman–Crippen LogP) is 2.23. The predicted molar refractivity (Wildman–Crippen MR) is 107 cm³/mol. The lowest BCUT2D eigenvalue weighted by atomic mass is 9.77. The number of unbranched alkanes of at least 4 members (excludes halogenated alkanes) is 1. The van der Waals surface area contributed by atoms with Gasteiger partial charge in [0.25, 0.3) is 0 Å². The van der Waals surface area contributed by atoms with Crippen LogP contribution >= 0.6 is 0 Å². The first-order valence-corrected chi connectivity index (χ1v) is 10.4. The maximum atomic E-state index is 12.3. The summed E-state index contributed by atoms with van der Waals surface area (Å²) in [7, 11) is 0. The van der Waals surface area contributed by atoms with E-state index in [2.05, 4.69) is 0 Å². The van der Waals surface area contributed by atoms with E-state index in [-0.39, 0.29) is 6.61 Å². The second kappa shape index (κ2) is 10.2. The van der Waals surface area contributed by atoms with Gasteiger partial charge in [0.15, 0.2) is 5.60 Å². The van der Waals surface area contributed by atoms with Crippen LogP contribution in [-0.4, -0.2) is 59.6 Å². The van der Waals surface area contributed by atoms with Gasteiger partial charge in [-0.25, -0.2) is 9.59 Å². The maximum Gasteiger partial charge on any atom is 0.333 e. The third-order valence-electron chi connectivity index (χ3n) is 5.42. The third kappa shape index (κ3) is 5.70. The zero-order chi connectivity index (χ0) is 22.5. The van der Waals surface area contributed by atoms with Crippen LogP contribution in [0.15, 0.2) is 23.8 Å². The quantitative estimate of drug-likeness (QED) is 0.359. The average Bonchev–Trinajstić information content (AvgIpc) is 2.68. The number of carbonyl (C=O) groups is 3. The van der Waals surface area contributed by atoms with E-state index in [0.29, 0.717) is 12.0 Å². The second-order valence-corrected chi connectivity index (χ2v) is 8.04. The highest BCUT2D eigenvalue weighted by Gasteiger charge is 2.57. The van der Waals surface area contributed by atoms with Gasteiger partial charge in [0.1, 0.15) is 18.8 Å². The summed E-state index contributed by atoms with van der Waals surface area (Å²) in [4.78, 5) is 35.8. The number of esters is 3. The molecule has 0 aromatic heterocycles. The highest BCUT2D eigenvalue weighted by atomic mass is 16.6. The van der Waals surface area contributed by atoms with E-state index >= 15 is 0 Å². The van der Waals surface area contributed by atoms with Crippen LogP contribution in [-0.2, 0) is 33.3 Å². The SMILES string of the molecule is CCCC[C@H](O)/C=C/C(=O)O[C@@H]1[C@@H](C)[C@@H]2OC(=O)C(C)=C[C@@]2(COC(C)=O)O[C@H]1C. The van der Waals surface area contributed by atoms with Gasteiger partial charge in [0.2, 0.25) is 0 Å². The Morgan fingerprint density at radius 3 is 2.70 bits per heavy atom. The Morgan fingerprint density at radius 1 is 1.37 bits per heavy atom. The van der Waals surface area contributed by atoms with Gasteiger partial charge in [-0.1, -0.05) is 26.7 Å². The maximum absolute atomic E-state index is 12.3. The van der Waals surface area contributed by atoms with Gasteiger partial charge in [0.05, 0.1) is 12.2 Å². The minimum Gasteiger partial charge on any atom is -0.462 e. The molecule has 30 heavy (non-hydrogen) atoms. The molecule has 2 heterocycles. The molecule has 1 N–H and O–H groups in total. The van der Waals surface area contributed by atoms with Crippen molar-refractivity contribution in [2.45, 2.75) is 83.9 Å². The van der Waals surface area contributed by atoms with Crippen molar-refractivity contribution in [2.24, 2.45) is 5.92 Å². The summed E-state index contributed by atoms with van der Waals surface area (Å²) in [6.07, 6.45) is 3.89. The van der Waals surface area contributed by atoms with Crippen LogP contribution in [0.3, 0.4) is 0 Å². The van der Waals surface area contributed by atoms with Gasteiger partial charge in [-0.2, -0.15) is 0 Å². The molecule has 0 aromatic rings. The van der Waals surface area contributed by atoms with Crippen molar-refractivity contribution in [3.8, 4) is 0 Å². The molecule has 0 unspecified atom stereocenters. The van der Waals surface area contributed by atoms with Gasteiger partial charge in [-0.05, 0) is 32.4 Å². The molecule has 8 heteroatoms. The summed E-state index contributed by atoms with van der Waals surface area (Å²) < 4.78 is 22.5. The van der Waals surface area contributed by atoms with Crippen molar-refractivity contribution in [3.05, 3.63) is 23.8 Å². The highest BCUT2D eigenvalue weighted by Crippen LogP contribution is 2.41. The monoisotopic (exact) mass is 424 g/mol. The van der Waals surface area contributed by atoms with Gasteiger partial charge >= 0.3 is 17.9 Å². The van der Waals surface area contributed by atoms with E-state index in [1.807, 2.05) is 6.92 Å². The molecule has 168 valence electrons. The summed E-state index contributed by atoms with van der Waals surface area (Å²) in [5.74, 6) is -2.00. The first-order valence-electron chi connectivity index (χ1n) is 10.4. The third-order valence-corrected chi connectivity index (χ3v) is 5.42. The smallest absolute Gasteiger partial charge is 0.333 e. The number of fused-ring (bicyclic) bond motifs is 1. The van der Waals surface area contributed by atoms with Crippen molar-refractivity contribution in [1.29, 1.82) is 0 Å². The molecule has 2 rings (SSSR count). The molecule has 0 aromatic carbocycles. The summed E-state index contributed by atoms with van der Waals surface area (Å²) in [5, 5.41) is 9.86. The Morgan fingerprint density at radius 2 is 2.07 bits per heavy atom. The van der Waals surface area contributed by atoms with E-state index in [4.69, 9.17) is 18.9 Å². The lowest BCUT2D eigenvalue weighted by Gasteiger charge is -2.51. The van der Waals surface area contributed by atoms with E-state index in [0.717, 1.165) is 12.8 Å². The number of aliphatic hydroxyl groups excluding tert-OH is 1. The van der Waals surface area contributed by atoms with Crippen molar-refractivity contribution in [1.82, 2.24) is 0 Å². The zero-order valence-corrected chi connectivity index (χ0v) is 18.3. The van der Waals surface area contributed by atoms with Gasteiger partial charge in [-0.3, -0.25) is 4.79 Å². The molecule has 0 aliphatic carbocycles. The number of aliphatic hydroxyl groups is 1. The molecule has 2 aliphatic rings. The second-order valence-electron chi connectivity index (χ2n) is 8.04. The van der Waals surface area contributed by atoms with Crippen molar-refractivity contribution >= 4 is 17.9 Å².